The predicted molar refractivity (Wildman–Crippen MR) is 211 cm³/mol. The number of fused-ring (bicyclic) bond motifs is 4. The van der Waals surface area contributed by atoms with Gasteiger partial charge in [-0.2, -0.15) is 13.2 Å². The second-order valence-electron chi connectivity index (χ2n) is 15.5. The number of methoxy groups -OCH3 is 1. The molecule has 2 aromatic carbocycles. The molecule has 2 fully saturated rings. The molecule has 0 saturated heterocycles. The zero-order valence-electron chi connectivity index (χ0n) is 31.4. The largest absolute Gasteiger partial charge is 0.481 e. The minimum absolute atomic E-state index is 0.0854. The zero-order chi connectivity index (χ0) is 40.6. The van der Waals surface area contributed by atoms with Gasteiger partial charge in [0.2, 0.25) is 17.6 Å². The summed E-state index contributed by atoms with van der Waals surface area (Å²) in [4.78, 5) is 52.5. The molecule has 12 nitrogen and oxygen atoms in total. The number of carbonyl (C=O) groups is 1. The Labute approximate surface area is 334 Å². The third-order valence-corrected chi connectivity index (χ3v) is 13.1. The van der Waals surface area contributed by atoms with E-state index in [0.29, 0.717) is 39.8 Å². The Morgan fingerprint density at radius 1 is 0.965 bits per heavy atom. The minimum atomic E-state index is -4.99. The van der Waals surface area contributed by atoms with Crippen molar-refractivity contribution in [3.05, 3.63) is 90.3 Å². The number of aryl methyl sites for hydroxylation is 1. The van der Waals surface area contributed by atoms with Crippen molar-refractivity contribution in [2.45, 2.75) is 57.7 Å². The first kappa shape index (κ1) is 38.9. The Morgan fingerprint density at radius 3 is 2.32 bits per heavy atom. The summed E-state index contributed by atoms with van der Waals surface area (Å²) in [6, 6.07) is 12.3. The highest BCUT2D eigenvalue weighted by Gasteiger charge is 2.56. The summed E-state index contributed by atoms with van der Waals surface area (Å²) in [5.74, 6) is -1.66. The van der Waals surface area contributed by atoms with E-state index >= 15 is 0 Å². The maximum Gasteiger partial charge on any atom is 0.451 e. The van der Waals surface area contributed by atoms with Crippen LogP contribution in [0.1, 0.15) is 55.5 Å². The third kappa shape index (κ3) is 6.62. The molecule has 2 aliphatic carbocycles. The number of primary amides is 1. The van der Waals surface area contributed by atoms with Crippen LogP contribution in [0.3, 0.4) is 0 Å². The standard InChI is InChI=1S/C40H39Cl2F3N8O4/c1-51-32-28(34(54)52(2)37(51)56)31(49-36(50-32)40(43,44)45)47-26-9-5-7-24(30(26)42)23-6-4-8-25(29(23)41)27-18-21-19-53(16-10-22(21)33(48-27)57-3)17-15-38-11-13-39(20-38,14-12-38)35(46)55/h4-9,18H,10-17,19-20H2,1-3H3,(H2,46,55)(H,47,49,50). The Balaban J connectivity index is 1.11. The molecule has 1 amide bonds. The van der Waals surface area contributed by atoms with Crippen LogP contribution in [0.5, 0.6) is 5.88 Å². The molecule has 57 heavy (non-hydrogen) atoms. The van der Waals surface area contributed by atoms with Crippen LogP contribution in [0, 0.1) is 10.8 Å². The number of carbonyl (C=O) groups excluding carboxylic acids is 1. The lowest BCUT2D eigenvalue weighted by molar-refractivity contribution is -0.144. The van der Waals surface area contributed by atoms with E-state index in [1.165, 1.54) is 20.2 Å². The second kappa shape index (κ2) is 14.1. The molecule has 0 radical (unpaired) electrons. The van der Waals surface area contributed by atoms with Gasteiger partial charge in [0, 0.05) is 54.9 Å². The lowest BCUT2D eigenvalue weighted by Crippen LogP contribution is -2.38. The second-order valence-corrected chi connectivity index (χ2v) is 16.3. The van der Waals surface area contributed by atoms with Crippen molar-refractivity contribution in [3.63, 3.8) is 0 Å². The van der Waals surface area contributed by atoms with Crippen LogP contribution in [-0.2, 0) is 38.0 Å². The summed E-state index contributed by atoms with van der Waals surface area (Å²) in [6.07, 6.45) is 1.53. The van der Waals surface area contributed by atoms with E-state index in [2.05, 4.69) is 20.2 Å². The Bertz CT molecular complexity index is 2600. The fourth-order valence-electron chi connectivity index (χ4n) is 9.07. The van der Waals surface area contributed by atoms with Gasteiger partial charge in [-0.25, -0.2) is 19.7 Å². The van der Waals surface area contributed by atoms with Crippen molar-refractivity contribution < 1.29 is 22.7 Å². The Morgan fingerprint density at radius 2 is 1.65 bits per heavy atom. The zero-order valence-corrected chi connectivity index (χ0v) is 32.9. The first-order valence-electron chi connectivity index (χ1n) is 18.5. The number of anilines is 2. The summed E-state index contributed by atoms with van der Waals surface area (Å²) in [5, 5.41) is 2.89. The first-order chi connectivity index (χ1) is 27.0. The van der Waals surface area contributed by atoms with Gasteiger partial charge in [-0.15, -0.1) is 0 Å². The van der Waals surface area contributed by atoms with E-state index in [9.17, 15) is 27.6 Å². The number of benzene rings is 2. The average Bonchev–Trinajstić information content (AvgIpc) is 3.77. The van der Waals surface area contributed by atoms with Crippen molar-refractivity contribution in [3.8, 4) is 28.3 Å². The molecule has 2 bridgehead atoms. The number of nitrogens with one attached hydrogen (secondary N) is 1. The van der Waals surface area contributed by atoms with Crippen molar-refractivity contribution in [2.75, 3.05) is 25.5 Å². The number of rotatable bonds is 9. The Hall–Kier alpha value is -4.99. The molecule has 4 heterocycles. The maximum absolute atomic E-state index is 14.0. The van der Waals surface area contributed by atoms with E-state index < -0.39 is 34.7 Å². The number of aromatic nitrogens is 5. The molecule has 1 aliphatic heterocycles. The summed E-state index contributed by atoms with van der Waals surface area (Å²) >= 11 is 14.1. The molecule has 3 aliphatic rings. The normalized spacial score (nSPS) is 20.6. The number of alkyl halides is 3. The molecular weight excluding hydrogens is 784 g/mol. The van der Waals surface area contributed by atoms with E-state index in [4.69, 9.17) is 38.7 Å². The molecular formula is C40H39Cl2F3N8O4. The van der Waals surface area contributed by atoms with Gasteiger partial charge in [0.1, 0.15) is 11.2 Å². The molecule has 0 atom stereocenters. The lowest BCUT2D eigenvalue weighted by atomic mass is 9.80. The summed E-state index contributed by atoms with van der Waals surface area (Å²) in [7, 11) is 4.02. The summed E-state index contributed by atoms with van der Waals surface area (Å²) < 4.78 is 49.3. The smallest absolute Gasteiger partial charge is 0.451 e. The van der Waals surface area contributed by atoms with E-state index in [0.717, 1.165) is 78.3 Å². The number of amides is 1. The number of nitrogens with zero attached hydrogens (tertiary/aromatic N) is 6. The number of hydrogen-bond donors (Lipinski definition) is 2. The Kier molecular flexibility index (Phi) is 9.64. The highest BCUT2D eigenvalue weighted by molar-refractivity contribution is 6.39. The van der Waals surface area contributed by atoms with Gasteiger partial charge in [0.15, 0.2) is 5.65 Å². The predicted octanol–water partition coefficient (Wildman–Crippen LogP) is 7.02. The molecule has 17 heteroatoms. The van der Waals surface area contributed by atoms with E-state index in [1.54, 1.807) is 31.4 Å². The lowest BCUT2D eigenvalue weighted by Gasteiger charge is -2.33. The van der Waals surface area contributed by atoms with Crippen LogP contribution >= 0.6 is 23.2 Å². The van der Waals surface area contributed by atoms with Gasteiger partial charge in [-0.05, 0) is 74.6 Å². The highest BCUT2D eigenvalue weighted by atomic mass is 35.5. The van der Waals surface area contributed by atoms with Gasteiger partial charge >= 0.3 is 11.9 Å². The molecule has 2 saturated carbocycles. The SMILES string of the molecule is COc1nc(-c2cccc(-c3cccc(Nc4nc(C(F)(F)F)nc5c4c(=O)n(C)c(=O)n5C)c3Cl)c2Cl)cc2c1CCN(CCC13CCC(C(N)=O)(CC1)C3)C2. The average molecular weight is 824 g/mol. The van der Waals surface area contributed by atoms with Gasteiger partial charge in [0.05, 0.1) is 28.5 Å². The molecule has 3 N–H and O–H groups in total. The molecule has 0 spiro atoms. The number of pyridine rings is 1. The molecule has 0 unspecified atom stereocenters. The highest BCUT2D eigenvalue weighted by Crippen LogP contribution is 2.63. The molecule has 3 aromatic heterocycles. The number of nitrogens with two attached hydrogens (primary N) is 1. The molecule has 298 valence electrons. The maximum atomic E-state index is 14.0. The quantitative estimate of drug-likeness (QED) is 0.160. The van der Waals surface area contributed by atoms with Gasteiger partial charge in [0.25, 0.3) is 5.56 Å². The number of ether oxygens (including phenoxy) is 1. The fraction of sp³-hybridized carbons (Fsp3) is 0.400. The monoisotopic (exact) mass is 822 g/mol. The fourth-order valence-corrected chi connectivity index (χ4v) is 9.67. The van der Waals surface area contributed by atoms with Crippen LogP contribution < -0.4 is 27.0 Å². The topological polar surface area (TPSA) is 150 Å². The number of hydrogen-bond acceptors (Lipinski definition) is 9. The van der Waals surface area contributed by atoms with Crippen LogP contribution in [0.25, 0.3) is 33.4 Å². The van der Waals surface area contributed by atoms with Crippen LogP contribution in [0.4, 0.5) is 24.7 Å². The summed E-state index contributed by atoms with van der Waals surface area (Å²) in [6.45, 7) is 2.46. The number of halogens is 5. The molecule has 5 aromatic rings. The van der Waals surface area contributed by atoms with Crippen molar-refractivity contribution in [1.82, 2.24) is 29.0 Å². The van der Waals surface area contributed by atoms with E-state index in [-0.39, 0.29) is 32.8 Å². The van der Waals surface area contributed by atoms with Crippen molar-refractivity contribution >= 4 is 51.6 Å². The van der Waals surface area contributed by atoms with E-state index in [1.807, 2.05) is 12.1 Å². The first-order valence-corrected chi connectivity index (χ1v) is 19.3. The van der Waals surface area contributed by atoms with Gasteiger partial charge in [-0.1, -0.05) is 53.5 Å². The van der Waals surface area contributed by atoms with Crippen molar-refractivity contribution in [2.24, 2.45) is 30.7 Å². The van der Waals surface area contributed by atoms with Crippen LogP contribution in [0.2, 0.25) is 10.0 Å². The van der Waals surface area contributed by atoms with Crippen LogP contribution in [0.15, 0.2) is 52.1 Å². The third-order valence-electron chi connectivity index (χ3n) is 12.3. The van der Waals surface area contributed by atoms with Crippen molar-refractivity contribution in [1.29, 1.82) is 0 Å². The molecule has 8 rings (SSSR count). The van der Waals surface area contributed by atoms with Gasteiger partial charge < -0.3 is 15.8 Å². The van der Waals surface area contributed by atoms with Crippen LogP contribution in [-0.4, -0.2) is 55.1 Å². The van der Waals surface area contributed by atoms with Gasteiger partial charge in [-0.3, -0.25) is 23.6 Å². The summed E-state index contributed by atoms with van der Waals surface area (Å²) in [5.41, 5.74) is 7.84. The minimum Gasteiger partial charge on any atom is -0.481 e.